The molecule has 5 heteroatoms. The van der Waals surface area contributed by atoms with Crippen molar-refractivity contribution < 1.29 is 9.53 Å². The molecule has 98 valence electrons. The molecule has 0 saturated carbocycles. The minimum absolute atomic E-state index is 0.126. The standard InChI is InChI=1S/C13H19N3O2/c1-18-12-4-2-3-11(16-12)9-15-13(17)10-5-7-14-8-6-10/h2-4,10,14H,5-9H2,1H3,(H,15,17). The van der Waals surface area contributed by atoms with Gasteiger partial charge in [0.1, 0.15) is 0 Å². The Kier molecular flexibility index (Phi) is 4.52. The van der Waals surface area contributed by atoms with Crippen molar-refractivity contribution in [2.45, 2.75) is 19.4 Å². The Balaban J connectivity index is 1.84. The second-order valence-corrected chi connectivity index (χ2v) is 4.41. The van der Waals surface area contributed by atoms with Crippen molar-refractivity contribution in [2.75, 3.05) is 20.2 Å². The van der Waals surface area contributed by atoms with Crippen LogP contribution < -0.4 is 15.4 Å². The summed E-state index contributed by atoms with van der Waals surface area (Å²) in [6.07, 6.45) is 1.83. The normalized spacial score (nSPS) is 16.3. The molecule has 1 aliphatic heterocycles. The van der Waals surface area contributed by atoms with Gasteiger partial charge in [0.2, 0.25) is 11.8 Å². The average Bonchev–Trinajstić information content (AvgIpc) is 2.46. The van der Waals surface area contributed by atoms with E-state index in [0.29, 0.717) is 12.4 Å². The first-order valence-electron chi connectivity index (χ1n) is 6.28. The molecular formula is C13H19N3O2. The molecule has 0 aromatic carbocycles. The van der Waals surface area contributed by atoms with E-state index in [1.165, 1.54) is 0 Å². The van der Waals surface area contributed by atoms with E-state index in [4.69, 9.17) is 4.74 Å². The molecule has 0 aliphatic carbocycles. The summed E-state index contributed by atoms with van der Waals surface area (Å²) < 4.78 is 5.05. The van der Waals surface area contributed by atoms with Crippen molar-refractivity contribution in [2.24, 2.45) is 5.92 Å². The lowest BCUT2D eigenvalue weighted by molar-refractivity contribution is -0.125. The molecule has 1 aromatic rings. The Hall–Kier alpha value is -1.62. The quantitative estimate of drug-likeness (QED) is 0.825. The Bertz CT molecular complexity index is 403. The second-order valence-electron chi connectivity index (χ2n) is 4.41. The van der Waals surface area contributed by atoms with E-state index in [1.807, 2.05) is 12.1 Å². The molecule has 2 N–H and O–H groups in total. The molecule has 0 radical (unpaired) electrons. The predicted octanol–water partition coefficient (Wildman–Crippen LogP) is 0.706. The highest BCUT2D eigenvalue weighted by atomic mass is 16.5. The number of rotatable bonds is 4. The zero-order chi connectivity index (χ0) is 12.8. The van der Waals surface area contributed by atoms with Gasteiger partial charge in [-0.3, -0.25) is 4.79 Å². The number of aromatic nitrogens is 1. The maximum Gasteiger partial charge on any atom is 0.223 e. The van der Waals surface area contributed by atoms with Crippen molar-refractivity contribution in [3.63, 3.8) is 0 Å². The second kappa shape index (κ2) is 6.35. The number of amides is 1. The molecule has 1 amide bonds. The molecule has 18 heavy (non-hydrogen) atoms. The van der Waals surface area contributed by atoms with Crippen LogP contribution in [0.25, 0.3) is 0 Å². The number of pyridine rings is 1. The van der Waals surface area contributed by atoms with Crippen LogP contribution >= 0.6 is 0 Å². The van der Waals surface area contributed by atoms with Gasteiger partial charge in [-0.15, -0.1) is 0 Å². The van der Waals surface area contributed by atoms with Crippen molar-refractivity contribution >= 4 is 5.91 Å². The number of carbonyl (C=O) groups is 1. The molecule has 1 saturated heterocycles. The number of nitrogens with zero attached hydrogens (tertiary/aromatic N) is 1. The minimum atomic E-state index is 0.126. The van der Waals surface area contributed by atoms with E-state index in [2.05, 4.69) is 15.6 Å². The molecule has 2 rings (SSSR count). The maximum atomic E-state index is 11.9. The van der Waals surface area contributed by atoms with Gasteiger partial charge >= 0.3 is 0 Å². The number of hydrogen-bond acceptors (Lipinski definition) is 4. The highest BCUT2D eigenvalue weighted by molar-refractivity contribution is 5.78. The molecule has 1 aromatic heterocycles. The predicted molar refractivity (Wildman–Crippen MR) is 68.2 cm³/mol. The summed E-state index contributed by atoms with van der Waals surface area (Å²) in [4.78, 5) is 16.2. The van der Waals surface area contributed by atoms with Gasteiger partial charge in [0.25, 0.3) is 0 Å². The fourth-order valence-corrected chi connectivity index (χ4v) is 2.08. The zero-order valence-electron chi connectivity index (χ0n) is 10.6. The van der Waals surface area contributed by atoms with Crippen LogP contribution in [0, 0.1) is 5.92 Å². The Morgan fingerprint density at radius 2 is 2.28 bits per heavy atom. The molecule has 2 heterocycles. The van der Waals surface area contributed by atoms with E-state index in [9.17, 15) is 4.79 Å². The fourth-order valence-electron chi connectivity index (χ4n) is 2.08. The molecule has 5 nitrogen and oxygen atoms in total. The maximum absolute atomic E-state index is 11.9. The van der Waals surface area contributed by atoms with E-state index in [-0.39, 0.29) is 11.8 Å². The minimum Gasteiger partial charge on any atom is -0.481 e. The number of carbonyl (C=O) groups excluding carboxylic acids is 1. The first-order chi connectivity index (χ1) is 8.79. The van der Waals surface area contributed by atoms with Crippen molar-refractivity contribution in [1.82, 2.24) is 15.6 Å². The van der Waals surface area contributed by atoms with Gasteiger partial charge in [-0.05, 0) is 32.0 Å². The van der Waals surface area contributed by atoms with Gasteiger partial charge < -0.3 is 15.4 Å². The van der Waals surface area contributed by atoms with Crippen molar-refractivity contribution in [3.05, 3.63) is 23.9 Å². The lowest BCUT2D eigenvalue weighted by atomic mass is 9.97. The summed E-state index contributed by atoms with van der Waals surface area (Å²) in [6.45, 7) is 2.31. The van der Waals surface area contributed by atoms with Gasteiger partial charge in [0, 0.05) is 12.0 Å². The van der Waals surface area contributed by atoms with Crippen LogP contribution in [-0.4, -0.2) is 31.1 Å². The highest BCUT2D eigenvalue weighted by Gasteiger charge is 2.20. The first-order valence-corrected chi connectivity index (χ1v) is 6.28. The van der Waals surface area contributed by atoms with Crippen LogP contribution in [-0.2, 0) is 11.3 Å². The molecule has 0 unspecified atom stereocenters. The number of ether oxygens (including phenoxy) is 1. The third-order valence-corrected chi connectivity index (χ3v) is 3.14. The zero-order valence-corrected chi connectivity index (χ0v) is 10.6. The fraction of sp³-hybridized carbons (Fsp3) is 0.538. The van der Waals surface area contributed by atoms with Crippen LogP contribution in [0.3, 0.4) is 0 Å². The van der Waals surface area contributed by atoms with Crippen molar-refractivity contribution in [3.8, 4) is 5.88 Å². The van der Waals surface area contributed by atoms with Gasteiger partial charge in [-0.2, -0.15) is 0 Å². The van der Waals surface area contributed by atoms with Crippen LogP contribution in [0.5, 0.6) is 5.88 Å². The molecule has 1 fully saturated rings. The summed E-state index contributed by atoms with van der Waals surface area (Å²) in [7, 11) is 1.58. The summed E-state index contributed by atoms with van der Waals surface area (Å²) in [5.41, 5.74) is 0.816. The van der Waals surface area contributed by atoms with Crippen LogP contribution in [0.2, 0.25) is 0 Å². The molecule has 0 bridgehead atoms. The van der Waals surface area contributed by atoms with E-state index in [0.717, 1.165) is 31.6 Å². The Labute approximate surface area is 107 Å². The van der Waals surface area contributed by atoms with Crippen molar-refractivity contribution in [1.29, 1.82) is 0 Å². The number of hydrogen-bond donors (Lipinski definition) is 2. The number of piperidine rings is 1. The summed E-state index contributed by atoms with van der Waals surface area (Å²) in [5.74, 6) is 0.835. The molecule has 1 aliphatic rings. The molecule has 0 atom stereocenters. The van der Waals surface area contributed by atoms with Gasteiger partial charge in [0.15, 0.2) is 0 Å². The lowest BCUT2D eigenvalue weighted by Crippen LogP contribution is -2.37. The molecular weight excluding hydrogens is 230 g/mol. The smallest absolute Gasteiger partial charge is 0.223 e. The van der Waals surface area contributed by atoms with Crippen LogP contribution in [0.15, 0.2) is 18.2 Å². The monoisotopic (exact) mass is 249 g/mol. The third-order valence-electron chi connectivity index (χ3n) is 3.14. The highest BCUT2D eigenvalue weighted by Crippen LogP contribution is 2.12. The topological polar surface area (TPSA) is 63.2 Å². The first kappa shape index (κ1) is 12.8. The lowest BCUT2D eigenvalue weighted by Gasteiger charge is -2.21. The number of nitrogens with one attached hydrogen (secondary N) is 2. The van der Waals surface area contributed by atoms with E-state index >= 15 is 0 Å². The average molecular weight is 249 g/mol. The van der Waals surface area contributed by atoms with E-state index < -0.39 is 0 Å². The number of methoxy groups -OCH3 is 1. The van der Waals surface area contributed by atoms with Crippen LogP contribution in [0.4, 0.5) is 0 Å². The van der Waals surface area contributed by atoms with Gasteiger partial charge in [0.05, 0.1) is 19.3 Å². The summed E-state index contributed by atoms with van der Waals surface area (Å²) in [5, 5.41) is 6.18. The largest absolute Gasteiger partial charge is 0.481 e. The van der Waals surface area contributed by atoms with E-state index in [1.54, 1.807) is 13.2 Å². The third kappa shape index (κ3) is 3.43. The van der Waals surface area contributed by atoms with Gasteiger partial charge in [-0.25, -0.2) is 4.98 Å². The summed E-state index contributed by atoms with van der Waals surface area (Å²) in [6, 6.07) is 5.54. The SMILES string of the molecule is COc1cccc(CNC(=O)C2CCNCC2)n1. The van der Waals surface area contributed by atoms with Crippen LogP contribution in [0.1, 0.15) is 18.5 Å². The molecule has 0 spiro atoms. The Morgan fingerprint density at radius 3 is 3.00 bits per heavy atom. The van der Waals surface area contributed by atoms with Gasteiger partial charge in [-0.1, -0.05) is 6.07 Å². The Morgan fingerprint density at radius 1 is 1.50 bits per heavy atom. The summed E-state index contributed by atoms with van der Waals surface area (Å²) >= 11 is 0.